The molecule has 0 saturated carbocycles. The molecule has 4 nitrogen and oxygen atoms in total. The third kappa shape index (κ3) is 5.32. The first-order valence-corrected chi connectivity index (χ1v) is 13.1. The second kappa shape index (κ2) is 9.70. The van der Waals surface area contributed by atoms with Crippen LogP contribution in [0.2, 0.25) is 10.0 Å². The fourth-order valence-electron chi connectivity index (χ4n) is 4.40. The first kappa shape index (κ1) is 25.9. The number of fused-ring (bicyclic) bond motifs is 2. The van der Waals surface area contributed by atoms with Gasteiger partial charge in [0.1, 0.15) is 11.6 Å². The molecule has 0 amide bonds. The van der Waals surface area contributed by atoms with Gasteiger partial charge in [0.15, 0.2) is 0 Å². The van der Waals surface area contributed by atoms with E-state index in [0.717, 1.165) is 38.9 Å². The van der Waals surface area contributed by atoms with Crippen LogP contribution in [0, 0.1) is 0 Å². The first-order valence-electron chi connectivity index (χ1n) is 11.5. The Morgan fingerprint density at radius 1 is 0.735 bits per heavy atom. The lowest BCUT2D eigenvalue weighted by Crippen LogP contribution is -2.41. The summed E-state index contributed by atoms with van der Waals surface area (Å²) in [6, 6.07) is 7.85. The van der Waals surface area contributed by atoms with Crippen LogP contribution in [0.25, 0.3) is 0 Å². The average molecular weight is 566 g/mol. The second-order valence-corrected chi connectivity index (χ2v) is 11.9. The van der Waals surface area contributed by atoms with E-state index < -0.39 is 18.3 Å². The Morgan fingerprint density at radius 2 is 1.21 bits per heavy atom. The third-order valence-corrected chi connectivity index (χ3v) is 8.71. The van der Waals surface area contributed by atoms with Crippen LogP contribution in [0.1, 0.15) is 62.8 Å². The molecule has 5 rings (SSSR count). The minimum atomic E-state index is -0.482. The van der Waals surface area contributed by atoms with Gasteiger partial charge in [-0.25, -0.2) is 0 Å². The summed E-state index contributed by atoms with van der Waals surface area (Å²) in [5.41, 5.74) is 4.59. The minimum absolute atomic E-state index is 0.282. The molecule has 0 atom stereocenters. The maximum atomic E-state index is 11.7. The van der Waals surface area contributed by atoms with Crippen LogP contribution in [0.15, 0.2) is 28.7 Å². The van der Waals surface area contributed by atoms with E-state index in [1.165, 1.54) is 11.1 Å². The smallest absolute Gasteiger partial charge is 0.399 e. The summed E-state index contributed by atoms with van der Waals surface area (Å²) in [5.74, 6) is 0.603. The molecule has 1 aliphatic heterocycles. The van der Waals surface area contributed by atoms with Gasteiger partial charge >= 0.3 is 7.12 Å². The van der Waals surface area contributed by atoms with Crippen molar-refractivity contribution >= 4 is 63.3 Å². The van der Waals surface area contributed by atoms with Crippen molar-refractivity contribution in [2.45, 2.75) is 77.4 Å². The van der Waals surface area contributed by atoms with E-state index in [4.69, 9.17) is 32.5 Å². The van der Waals surface area contributed by atoms with E-state index in [1.54, 1.807) is 0 Å². The lowest BCUT2D eigenvalue weighted by Gasteiger charge is -2.32. The molecule has 0 bridgehead atoms. The van der Waals surface area contributed by atoms with Gasteiger partial charge in [-0.15, -0.1) is 0 Å². The molecule has 2 aromatic carbocycles. The fourth-order valence-corrected chi connectivity index (χ4v) is 5.25. The number of rotatable bonds is 1. The summed E-state index contributed by atoms with van der Waals surface area (Å²) in [4.78, 5) is 22.8. The molecule has 1 fully saturated rings. The van der Waals surface area contributed by atoms with Crippen LogP contribution in [-0.4, -0.2) is 29.9 Å². The quantitative estimate of drug-likeness (QED) is 0.407. The number of ketones is 2. The van der Waals surface area contributed by atoms with Crippen LogP contribution >= 0.6 is 39.1 Å². The zero-order chi connectivity index (χ0) is 24.8. The van der Waals surface area contributed by atoms with Crippen molar-refractivity contribution in [3.63, 3.8) is 0 Å². The highest BCUT2D eigenvalue weighted by atomic mass is 79.9. The Hall–Kier alpha value is -1.18. The number of benzene rings is 2. The molecule has 1 heterocycles. The van der Waals surface area contributed by atoms with Gasteiger partial charge in [-0.1, -0.05) is 29.3 Å². The number of carbonyl (C=O) groups excluding carboxylic acids is 2. The molecule has 2 aliphatic carbocycles. The van der Waals surface area contributed by atoms with Crippen LogP contribution in [0.4, 0.5) is 0 Å². The fraction of sp³-hybridized carbons (Fsp3) is 0.462. The van der Waals surface area contributed by atoms with Crippen LogP contribution in [0.5, 0.6) is 0 Å². The highest BCUT2D eigenvalue weighted by Crippen LogP contribution is 2.37. The Balaban J connectivity index is 0.000000180. The number of hydrogen-bond donors (Lipinski definition) is 0. The number of aryl methyl sites for hydroxylation is 2. The van der Waals surface area contributed by atoms with Crippen LogP contribution < -0.4 is 5.46 Å². The number of hydrogen-bond acceptors (Lipinski definition) is 4. The molecule has 34 heavy (non-hydrogen) atoms. The normalized spacial score (nSPS) is 20.4. The van der Waals surface area contributed by atoms with Crippen molar-refractivity contribution in [1.29, 1.82) is 0 Å². The minimum Gasteiger partial charge on any atom is -0.399 e. The number of carbonyl (C=O) groups is 2. The van der Waals surface area contributed by atoms with Gasteiger partial charge in [0.05, 0.1) is 16.2 Å². The third-order valence-electron chi connectivity index (χ3n) is 7.19. The number of Topliss-reactive ketones (excluding diaryl/α,β-unsaturated/α-hetero) is 2. The summed E-state index contributed by atoms with van der Waals surface area (Å²) >= 11 is 15.7. The lowest BCUT2D eigenvalue weighted by molar-refractivity contribution is -0.119. The topological polar surface area (TPSA) is 52.6 Å². The molecule has 0 radical (unpaired) electrons. The molecule has 1 saturated heterocycles. The van der Waals surface area contributed by atoms with Gasteiger partial charge in [-0.05, 0) is 96.9 Å². The predicted molar refractivity (Wildman–Crippen MR) is 140 cm³/mol. The Bertz CT molecular complexity index is 1150. The van der Waals surface area contributed by atoms with E-state index in [2.05, 4.69) is 15.9 Å². The van der Waals surface area contributed by atoms with Gasteiger partial charge in [-0.2, -0.15) is 0 Å². The second-order valence-electron chi connectivity index (χ2n) is 10.2. The summed E-state index contributed by atoms with van der Waals surface area (Å²) in [7, 11) is -0.482. The molecule has 2 aromatic rings. The monoisotopic (exact) mass is 564 g/mol. The van der Waals surface area contributed by atoms with Gasteiger partial charge < -0.3 is 9.31 Å². The van der Waals surface area contributed by atoms with E-state index >= 15 is 0 Å². The standard InChI is InChI=1S/C16H20BClO3.C10H8BrClO/c1-15(2)16(3,4)21-17(20-15)13-8-11-7-12(19)6-5-10(11)9-14(13)18;11-9-4-7-3-8(13)2-1-6(7)5-10(9)12/h8-9H,5-7H2,1-4H3;4-5H,1-3H2. The average Bonchev–Trinajstić information content (AvgIpc) is 2.96. The van der Waals surface area contributed by atoms with Crippen LogP contribution in [-0.2, 0) is 44.6 Å². The molecule has 3 aliphatic rings. The molecule has 0 spiro atoms. The molecule has 0 unspecified atom stereocenters. The van der Waals surface area contributed by atoms with Crippen molar-refractivity contribution in [1.82, 2.24) is 0 Å². The van der Waals surface area contributed by atoms with E-state index in [1.807, 2.05) is 52.0 Å². The van der Waals surface area contributed by atoms with Crippen molar-refractivity contribution in [3.8, 4) is 0 Å². The highest BCUT2D eigenvalue weighted by molar-refractivity contribution is 9.10. The van der Waals surface area contributed by atoms with Gasteiger partial charge in [0.2, 0.25) is 0 Å². The summed E-state index contributed by atoms with van der Waals surface area (Å²) < 4.78 is 13.0. The van der Waals surface area contributed by atoms with E-state index in [-0.39, 0.29) is 5.78 Å². The Labute approximate surface area is 220 Å². The lowest BCUT2D eigenvalue weighted by atomic mass is 9.76. The van der Waals surface area contributed by atoms with Gasteiger partial charge in [-0.3, -0.25) is 9.59 Å². The van der Waals surface area contributed by atoms with Gasteiger partial charge in [0.25, 0.3) is 0 Å². The van der Waals surface area contributed by atoms with Crippen molar-refractivity contribution < 1.29 is 18.9 Å². The maximum Gasteiger partial charge on any atom is 0.496 e. The predicted octanol–water partition coefficient (Wildman–Crippen LogP) is 5.86. The maximum absolute atomic E-state index is 11.7. The first-order chi connectivity index (χ1) is 15.9. The zero-order valence-electron chi connectivity index (χ0n) is 19.9. The SMILES string of the molecule is CC1(C)OB(c2cc3c(cc2Cl)CCC(=O)C3)OC1(C)C.O=C1CCc2cc(Cl)c(Br)cc2C1. The molecular weight excluding hydrogens is 538 g/mol. The Kier molecular flexibility index (Phi) is 7.39. The molecule has 0 N–H and O–H groups in total. The van der Waals surface area contributed by atoms with Crippen molar-refractivity contribution in [2.75, 3.05) is 0 Å². The van der Waals surface area contributed by atoms with E-state index in [9.17, 15) is 9.59 Å². The largest absolute Gasteiger partial charge is 0.496 e. The van der Waals surface area contributed by atoms with Crippen LogP contribution in [0.3, 0.4) is 0 Å². The molecule has 180 valence electrons. The van der Waals surface area contributed by atoms with Crippen molar-refractivity contribution in [3.05, 3.63) is 61.0 Å². The Morgan fingerprint density at radius 3 is 1.74 bits per heavy atom. The zero-order valence-corrected chi connectivity index (χ0v) is 23.0. The summed E-state index contributed by atoms with van der Waals surface area (Å²) in [6.07, 6.45) is 3.92. The molecule has 0 aromatic heterocycles. The molecule has 8 heteroatoms. The van der Waals surface area contributed by atoms with Crippen molar-refractivity contribution in [2.24, 2.45) is 0 Å². The summed E-state index contributed by atoms with van der Waals surface area (Å²) in [5, 5.41) is 1.38. The van der Waals surface area contributed by atoms with E-state index in [0.29, 0.717) is 36.5 Å². The molecular formula is C26H28BBrCl2O4. The highest BCUT2D eigenvalue weighted by Gasteiger charge is 2.52. The number of halogens is 3. The van der Waals surface area contributed by atoms with Gasteiger partial charge in [0, 0.05) is 40.6 Å². The summed E-state index contributed by atoms with van der Waals surface area (Å²) in [6.45, 7) is 8.07.